The van der Waals surface area contributed by atoms with E-state index in [1.165, 1.54) is 48.5 Å². The number of carbonyl (C=O) groups excluding carboxylic acids is 5. The monoisotopic (exact) mass is 873 g/mol. The molecule has 0 radical (unpaired) electrons. The van der Waals surface area contributed by atoms with Gasteiger partial charge in [-0.05, 0) is 53.2 Å². The molecule has 0 saturated carbocycles. The average Bonchev–Trinajstić information content (AvgIpc) is 3.18. The fraction of sp³-hybridized carbons (Fsp3) is 0.438. The molecule has 0 fully saturated rings. The molecule has 316 valence electrons. The smallest absolute Gasteiger partial charge is 0.399 e. The Balaban J connectivity index is 2.15. The molecule has 0 spiro atoms. The van der Waals surface area contributed by atoms with Crippen LogP contribution in [0.2, 0.25) is 0 Å². The van der Waals surface area contributed by atoms with Crippen molar-refractivity contribution in [3.63, 3.8) is 0 Å². The lowest BCUT2D eigenvalue weighted by atomic mass is 10.0. The molecule has 25 heteroatoms. The molecule has 5 amide bonds. The van der Waals surface area contributed by atoms with Gasteiger partial charge in [0.2, 0.25) is 29.5 Å². The first kappa shape index (κ1) is 48.8. The van der Waals surface area contributed by atoms with Crippen molar-refractivity contribution in [1.82, 2.24) is 21.3 Å². The third-order valence-corrected chi connectivity index (χ3v) is 10.6. The van der Waals surface area contributed by atoms with E-state index in [1.54, 1.807) is 0 Å². The Morgan fingerprint density at radius 3 is 1.63 bits per heavy atom. The van der Waals surface area contributed by atoms with E-state index < -0.39 is 94.0 Å². The van der Waals surface area contributed by atoms with E-state index in [9.17, 15) is 61.1 Å². The minimum atomic E-state index is -4.71. The van der Waals surface area contributed by atoms with E-state index >= 15 is 0 Å². The Morgan fingerprint density at radius 1 is 0.667 bits per heavy atom. The quantitative estimate of drug-likeness (QED) is 0.0294. The van der Waals surface area contributed by atoms with Crippen LogP contribution in [0.1, 0.15) is 54.4 Å². The van der Waals surface area contributed by atoms with Crippen molar-refractivity contribution in [2.24, 2.45) is 5.73 Å². The molecule has 0 aliphatic rings. The van der Waals surface area contributed by atoms with Crippen molar-refractivity contribution in [2.45, 2.75) is 75.4 Å². The van der Waals surface area contributed by atoms with E-state index in [-0.39, 0.29) is 36.3 Å². The van der Waals surface area contributed by atoms with Crippen LogP contribution in [-0.2, 0) is 82.0 Å². The number of halogens is 4. The van der Waals surface area contributed by atoms with Gasteiger partial charge in [0.1, 0.15) is 18.1 Å². The fourth-order valence-electron chi connectivity index (χ4n) is 5.04. The summed E-state index contributed by atoms with van der Waals surface area (Å²) in [4.78, 5) is 74.7. The number of carboxylic acids is 1. The number of benzene rings is 2. The van der Waals surface area contributed by atoms with Crippen LogP contribution in [0.25, 0.3) is 0 Å². The Morgan fingerprint density at radius 2 is 1.16 bits per heavy atom. The topological polar surface area (TPSA) is 268 Å². The second-order valence-electron chi connectivity index (χ2n) is 12.4. The van der Waals surface area contributed by atoms with Gasteiger partial charge >= 0.3 is 21.2 Å². The van der Waals surface area contributed by atoms with E-state index in [4.69, 9.17) is 5.73 Å². The maximum Gasteiger partial charge on any atom is 0.399 e. The third kappa shape index (κ3) is 17.8. The molecule has 2 aromatic rings. The van der Waals surface area contributed by atoms with Crippen LogP contribution in [0.4, 0.5) is 18.1 Å². The minimum Gasteiger partial charge on any atom is -0.481 e. The molecule has 0 bridgehead atoms. The standard InChI is InChI=1S/C32H41F4N5O13P2S/c33-51-55(49,52-34)17-22-9-5-20(6-10-22)14-24(31(47)38-13-3-1-2-4-27(42)40-26(19-57)30(37)46)41-32(48)25(16-29(44)45)39-28(43)15-21-7-11-23(12-8-21)18-56(50,53-35)54-36/h5-12,24-26,57H,1-4,13-19H2,(H2,37,46)(H,38,47)(H,39,43)(H,40,42)(H,41,48)(H,44,45). The average molecular weight is 874 g/mol. The molecule has 0 aliphatic heterocycles. The van der Waals surface area contributed by atoms with E-state index in [1.807, 2.05) is 0 Å². The Labute approximate surface area is 328 Å². The summed E-state index contributed by atoms with van der Waals surface area (Å²) in [6.07, 6.45) is -1.83. The van der Waals surface area contributed by atoms with Crippen LogP contribution >= 0.6 is 27.8 Å². The number of carbonyl (C=O) groups is 6. The van der Waals surface area contributed by atoms with Gasteiger partial charge in [-0.1, -0.05) is 55.0 Å². The zero-order valence-corrected chi connectivity index (χ0v) is 32.6. The molecule has 3 atom stereocenters. The van der Waals surface area contributed by atoms with E-state index in [0.717, 1.165) is 0 Å². The van der Waals surface area contributed by atoms with Crippen molar-refractivity contribution in [1.29, 1.82) is 0 Å². The first-order valence-corrected chi connectivity index (χ1v) is 20.9. The lowest BCUT2D eigenvalue weighted by Crippen LogP contribution is -2.55. The molecule has 2 aromatic carbocycles. The number of carboxylic acid groups (broad SMARTS) is 1. The number of hydrogen-bond donors (Lipinski definition) is 7. The van der Waals surface area contributed by atoms with Crippen molar-refractivity contribution in [3.05, 3.63) is 70.8 Å². The number of unbranched alkanes of at least 4 members (excludes halogenated alkanes) is 2. The van der Waals surface area contributed by atoms with Crippen LogP contribution in [0.5, 0.6) is 0 Å². The Bertz CT molecular complexity index is 1770. The molecule has 0 aliphatic carbocycles. The van der Waals surface area contributed by atoms with Crippen LogP contribution in [-0.4, -0.2) is 71.0 Å². The van der Waals surface area contributed by atoms with E-state index in [2.05, 4.69) is 52.8 Å². The second-order valence-corrected chi connectivity index (χ2v) is 16.4. The molecule has 0 saturated heterocycles. The van der Waals surface area contributed by atoms with Gasteiger partial charge in [-0.2, -0.15) is 12.6 Å². The van der Waals surface area contributed by atoms with Gasteiger partial charge < -0.3 is 32.1 Å². The number of amides is 5. The largest absolute Gasteiger partial charge is 0.481 e. The fourth-order valence-corrected chi connectivity index (χ4v) is 6.86. The highest BCUT2D eigenvalue weighted by atomic mass is 32.1. The normalized spacial score (nSPS) is 13.1. The van der Waals surface area contributed by atoms with Gasteiger partial charge in [-0.15, -0.1) is 18.9 Å². The van der Waals surface area contributed by atoms with Crippen LogP contribution in [0.3, 0.4) is 0 Å². The number of nitrogens with two attached hydrogens (primary N) is 1. The van der Waals surface area contributed by atoms with Gasteiger partial charge in [0.15, 0.2) is 0 Å². The molecule has 57 heavy (non-hydrogen) atoms. The lowest BCUT2D eigenvalue weighted by Gasteiger charge is -2.23. The number of thiol groups is 1. The SMILES string of the molecule is NC(=O)C(CS)NC(=O)CCCCCNC(=O)C(Cc1ccc(CP(=O)(OF)OF)cc1)NC(=O)C(CC(=O)O)NC(=O)Cc1ccc(CP(=O)(OF)OF)cc1. The second kappa shape index (κ2) is 24.4. The number of hydrogen-bond acceptors (Lipinski definition) is 13. The molecule has 18 nitrogen and oxygen atoms in total. The van der Waals surface area contributed by atoms with Gasteiger partial charge in [-0.25, -0.2) is 0 Å². The summed E-state index contributed by atoms with van der Waals surface area (Å²) in [5.74, 6) is -5.25. The molecular formula is C32H41F4N5O13P2S. The maximum atomic E-state index is 13.4. The number of nitrogens with one attached hydrogen (secondary N) is 4. The third-order valence-electron chi connectivity index (χ3n) is 7.93. The number of rotatable bonds is 27. The number of aliphatic carboxylic acids is 1. The van der Waals surface area contributed by atoms with Crippen molar-refractivity contribution >= 4 is 63.3 Å². The first-order valence-electron chi connectivity index (χ1n) is 16.8. The van der Waals surface area contributed by atoms with Gasteiger partial charge in [0, 0.05) is 25.1 Å². The zero-order valence-electron chi connectivity index (χ0n) is 29.9. The summed E-state index contributed by atoms with van der Waals surface area (Å²) in [6.45, 7) is 0.0707. The summed E-state index contributed by atoms with van der Waals surface area (Å²) in [7, 11) is -9.39. The summed E-state index contributed by atoms with van der Waals surface area (Å²) in [5, 5.41) is 19.3. The zero-order chi connectivity index (χ0) is 42.6. The molecule has 2 rings (SSSR count). The van der Waals surface area contributed by atoms with Crippen molar-refractivity contribution in [3.8, 4) is 0 Å². The Kier molecular flexibility index (Phi) is 20.9. The first-order chi connectivity index (χ1) is 27.0. The van der Waals surface area contributed by atoms with Crippen LogP contribution < -0.4 is 27.0 Å². The molecule has 0 heterocycles. The maximum absolute atomic E-state index is 13.4. The van der Waals surface area contributed by atoms with Crippen molar-refractivity contribution < 1.29 is 80.0 Å². The lowest BCUT2D eigenvalue weighted by molar-refractivity contribution is -0.141. The number of primary amides is 1. The van der Waals surface area contributed by atoms with Gasteiger partial charge in [-0.3, -0.25) is 37.9 Å². The summed E-state index contributed by atoms with van der Waals surface area (Å²) in [6, 6.07) is 6.59. The highest BCUT2D eigenvalue weighted by Gasteiger charge is 2.31. The minimum absolute atomic E-state index is 0.0194. The molecular weight excluding hydrogens is 832 g/mol. The van der Waals surface area contributed by atoms with Gasteiger partial charge in [0.05, 0.1) is 25.2 Å². The molecule has 7 N–H and O–H groups in total. The molecule has 3 unspecified atom stereocenters. The van der Waals surface area contributed by atoms with E-state index in [0.29, 0.717) is 30.4 Å². The van der Waals surface area contributed by atoms with Crippen LogP contribution in [0, 0.1) is 0 Å². The van der Waals surface area contributed by atoms with Crippen LogP contribution in [0.15, 0.2) is 48.5 Å². The predicted octanol–water partition coefficient (Wildman–Crippen LogP) is 3.48. The molecule has 0 aromatic heterocycles. The predicted molar refractivity (Wildman–Crippen MR) is 194 cm³/mol. The summed E-state index contributed by atoms with van der Waals surface area (Å²) >= 11 is 3.96. The highest BCUT2D eigenvalue weighted by Crippen LogP contribution is 2.52. The van der Waals surface area contributed by atoms with Crippen molar-refractivity contribution in [2.75, 3.05) is 12.3 Å². The Hall–Kier alpha value is -4.37. The highest BCUT2D eigenvalue weighted by molar-refractivity contribution is 7.80. The summed E-state index contributed by atoms with van der Waals surface area (Å²) < 4.78 is 85.8. The van der Waals surface area contributed by atoms with Gasteiger partial charge in [0.25, 0.3) is 0 Å². The summed E-state index contributed by atoms with van der Waals surface area (Å²) in [5.41, 5.74) is 6.09.